The second kappa shape index (κ2) is 2.52. The van der Waals surface area contributed by atoms with Gasteiger partial charge in [0.25, 0.3) is 5.89 Å². The summed E-state index contributed by atoms with van der Waals surface area (Å²) < 4.78 is 5.16. The first kappa shape index (κ1) is 7.17. The molecule has 0 amide bonds. The molecule has 12 heavy (non-hydrogen) atoms. The summed E-state index contributed by atoms with van der Waals surface area (Å²) >= 11 is 0. The molecule has 0 aromatic carbocycles. The summed E-state index contributed by atoms with van der Waals surface area (Å²) in [5.41, 5.74) is 5.43. The molecule has 1 aliphatic rings. The van der Waals surface area contributed by atoms with Crippen LogP contribution in [0, 0.1) is 6.57 Å². The van der Waals surface area contributed by atoms with E-state index in [1.54, 1.807) is 0 Å². The molecule has 2 rings (SSSR count). The van der Waals surface area contributed by atoms with E-state index in [-0.39, 0.29) is 11.7 Å². The zero-order chi connectivity index (χ0) is 8.55. The van der Waals surface area contributed by atoms with Crippen molar-refractivity contribution in [3.63, 3.8) is 0 Å². The molecule has 1 aliphatic carbocycles. The van der Waals surface area contributed by atoms with Gasteiger partial charge >= 0.3 is 5.82 Å². The lowest BCUT2D eigenvalue weighted by Gasteiger charge is -2.19. The van der Waals surface area contributed by atoms with Crippen molar-refractivity contribution < 1.29 is 4.42 Å². The molecule has 62 valence electrons. The Morgan fingerprint density at radius 3 is 2.75 bits per heavy atom. The van der Waals surface area contributed by atoms with E-state index in [1.165, 1.54) is 6.42 Å². The third-order valence-corrected chi connectivity index (χ3v) is 2.21. The Labute approximate surface area is 70.2 Å². The molecule has 0 unspecified atom stereocenters. The van der Waals surface area contributed by atoms with E-state index in [0.29, 0.717) is 11.8 Å². The summed E-state index contributed by atoms with van der Waals surface area (Å²) in [6, 6.07) is 0. The van der Waals surface area contributed by atoms with Crippen LogP contribution in [0.15, 0.2) is 4.42 Å². The second-order valence-corrected chi connectivity index (χ2v) is 2.98. The van der Waals surface area contributed by atoms with Gasteiger partial charge in [0.05, 0.1) is 5.92 Å². The minimum atomic E-state index is 0.159. The van der Waals surface area contributed by atoms with Crippen LogP contribution < -0.4 is 5.73 Å². The molecule has 0 radical (unpaired) electrons. The van der Waals surface area contributed by atoms with Crippen LogP contribution in [0.3, 0.4) is 0 Å². The zero-order valence-electron chi connectivity index (χ0n) is 6.58. The van der Waals surface area contributed by atoms with Crippen molar-refractivity contribution >= 4 is 11.7 Å². The zero-order valence-corrected chi connectivity index (χ0v) is 6.58. The maximum Gasteiger partial charge on any atom is 0.332 e. The summed E-state index contributed by atoms with van der Waals surface area (Å²) in [6.07, 6.45) is 3.44. The summed E-state index contributed by atoms with van der Waals surface area (Å²) in [5.74, 6) is 1.41. The van der Waals surface area contributed by atoms with Crippen molar-refractivity contribution in [2.45, 2.75) is 25.2 Å². The number of anilines is 1. The number of hydrogen-bond acceptors (Lipinski definition) is 3. The van der Waals surface area contributed by atoms with Crippen LogP contribution in [0.2, 0.25) is 0 Å². The third kappa shape index (κ3) is 0.944. The van der Waals surface area contributed by atoms with Gasteiger partial charge in [0.15, 0.2) is 0 Å². The Bertz CT molecular complexity index is 333. The van der Waals surface area contributed by atoms with Crippen LogP contribution >= 0.6 is 0 Å². The number of nitrogens with two attached hydrogens (primary N) is 1. The highest BCUT2D eigenvalue weighted by Gasteiger charge is 2.28. The van der Waals surface area contributed by atoms with Crippen LogP contribution in [0.25, 0.3) is 4.85 Å². The molecule has 4 nitrogen and oxygen atoms in total. The number of nitrogens with zero attached hydrogens (tertiary/aromatic N) is 2. The van der Waals surface area contributed by atoms with E-state index in [4.69, 9.17) is 16.7 Å². The number of oxazole rings is 1. The van der Waals surface area contributed by atoms with Crippen LogP contribution in [0.4, 0.5) is 11.7 Å². The van der Waals surface area contributed by atoms with E-state index >= 15 is 0 Å². The predicted octanol–water partition coefficient (Wildman–Crippen LogP) is 2.08. The van der Waals surface area contributed by atoms with Gasteiger partial charge in [0, 0.05) is 0 Å². The molecular weight excluding hydrogens is 154 g/mol. The van der Waals surface area contributed by atoms with Gasteiger partial charge in [-0.2, -0.15) is 0 Å². The highest BCUT2D eigenvalue weighted by molar-refractivity contribution is 5.55. The first-order chi connectivity index (χ1) is 5.81. The first-order valence-electron chi connectivity index (χ1n) is 3.95. The molecule has 0 aliphatic heterocycles. The molecule has 1 fully saturated rings. The number of hydrogen-bond donors (Lipinski definition) is 1. The molecule has 4 heteroatoms. The lowest BCUT2D eigenvalue weighted by Crippen LogP contribution is -2.08. The maximum atomic E-state index is 6.74. The van der Waals surface area contributed by atoms with Gasteiger partial charge in [-0.15, -0.1) is 0 Å². The van der Waals surface area contributed by atoms with Crippen molar-refractivity contribution in [2.24, 2.45) is 0 Å². The van der Waals surface area contributed by atoms with Crippen LogP contribution in [-0.2, 0) is 0 Å². The fraction of sp³-hybridized carbons (Fsp3) is 0.500. The minimum absolute atomic E-state index is 0.159. The average Bonchev–Trinajstić information content (AvgIpc) is 2.27. The molecule has 2 N–H and O–H groups in total. The Morgan fingerprint density at radius 1 is 1.58 bits per heavy atom. The normalized spacial score (nSPS) is 16.9. The minimum Gasteiger partial charge on any atom is -0.417 e. The molecule has 1 aromatic heterocycles. The van der Waals surface area contributed by atoms with Gasteiger partial charge in [-0.25, -0.2) is 0 Å². The van der Waals surface area contributed by atoms with E-state index in [1.807, 2.05) is 0 Å². The van der Waals surface area contributed by atoms with E-state index in [9.17, 15) is 0 Å². The molecule has 1 saturated carbocycles. The predicted molar refractivity (Wildman–Crippen MR) is 43.8 cm³/mol. The fourth-order valence-electron chi connectivity index (χ4n) is 1.25. The largest absolute Gasteiger partial charge is 0.417 e. The average molecular weight is 163 g/mol. The van der Waals surface area contributed by atoms with Crippen molar-refractivity contribution in [1.82, 2.24) is 4.98 Å². The standard InChI is InChI=1S/C8H9N3O/c1-10-7-6(9)12-8(11-7)5-3-2-4-5/h5H,2-4,9H2. The lowest BCUT2D eigenvalue weighted by molar-refractivity contribution is 0.339. The second-order valence-electron chi connectivity index (χ2n) is 2.98. The van der Waals surface area contributed by atoms with Crippen molar-refractivity contribution in [3.8, 4) is 0 Å². The van der Waals surface area contributed by atoms with Crippen LogP contribution in [-0.4, -0.2) is 4.98 Å². The van der Waals surface area contributed by atoms with Gasteiger partial charge in [-0.1, -0.05) is 18.0 Å². The van der Waals surface area contributed by atoms with Gasteiger partial charge in [0.1, 0.15) is 0 Å². The smallest absolute Gasteiger partial charge is 0.332 e. The van der Waals surface area contributed by atoms with Gasteiger partial charge < -0.3 is 15.0 Å². The number of rotatable bonds is 1. The van der Waals surface area contributed by atoms with Crippen molar-refractivity contribution in [3.05, 3.63) is 17.3 Å². The van der Waals surface area contributed by atoms with Crippen LogP contribution in [0.5, 0.6) is 0 Å². The van der Waals surface area contributed by atoms with Crippen molar-refractivity contribution in [2.75, 3.05) is 5.73 Å². The summed E-state index contributed by atoms with van der Waals surface area (Å²) in [6.45, 7) is 6.74. The first-order valence-corrected chi connectivity index (χ1v) is 3.95. The Morgan fingerprint density at radius 2 is 2.33 bits per heavy atom. The molecule has 1 heterocycles. The summed E-state index contributed by atoms with van der Waals surface area (Å²) in [4.78, 5) is 7.16. The molecule has 1 aromatic rings. The van der Waals surface area contributed by atoms with Gasteiger partial charge in [0.2, 0.25) is 5.88 Å². The Hall–Kier alpha value is -1.50. The topological polar surface area (TPSA) is 56.4 Å². The SMILES string of the molecule is [C-]#[N+]c1nc(C2CCC2)oc1N. The quantitative estimate of drug-likeness (QED) is 0.645. The third-order valence-electron chi connectivity index (χ3n) is 2.21. The van der Waals surface area contributed by atoms with Gasteiger partial charge in [-0.3, -0.25) is 0 Å². The van der Waals surface area contributed by atoms with E-state index in [0.717, 1.165) is 12.8 Å². The number of nitrogen functional groups attached to an aromatic ring is 1. The Kier molecular flexibility index (Phi) is 1.51. The maximum absolute atomic E-state index is 6.74. The molecule has 0 spiro atoms. The van der Waals surface area contributed by atoms with E-state index in [2.05, 4.69) is 9.83 Å². The monoisotopic (exact) mass is 163 g/mol. The highest BCUT2D eigenvalue weighted by atomic mass is 16.4. The number of aromatic nitrogens is 1. The Balaban J connectivity index is 2.28. The lowest BCUT2D eigenvalue weighted by atomic mass is 9.85. The molecule has 0 saturated heterocycles. The summed E-state index contributed by atoms with van der Waals surface area (Å²) in [7, 11) is 0. The molecule has 0 atom stereocenters. The molecular formula is C8H9N3O. The van der Waals surface area contributed by atoms with E-state index < -0.39 is 0 Å². The van der Waals surface area contributed by atoms with Crippen molar-refractivity contribution in [1.29, 1.82) is 0 Å². The fourth-order valence-corrected chi connectivity index (χ4v) is 1.25. The highest BCUT2D eigenvalue weighted by Crippen LogP contribution is 2.38. The van der Waals surface area contributed by atoms with Gasteiger partial charge in [-0.05, 0) is 12.8 Å². The molecule has 0 bridgehead atoms. The summed E-state index contributed by atoms with van der Waals surface area (Å²) in [5, 5.41) is 0. The van der Waals surface area contributed by atoms with Crippen LogP contribution in [0.1, 0.15) is 31.1 Å².